The number of esters is 1. The molecule has 9 heteroatoms. The summed E-state index contributed by atoms with van der Waals surface area (Å²) >= 11 is 8.70. The number of thiocarbonyl (C=S) groups is 1. The van der Waals surface area contributed by atoms with E-state index >= 15 is 0 Å². The number of piperazine rings is 1. The molecule has 7 nitrogen and oxygen atoms in total. The van der Waals surface area contributed by atoms with Crippen molar-refractivity contribution in [3.8, 4) is 0 Å². The molecule has 0 saturated carbocycles. The van der Waals surface area contributed by atoms with Crippen LogP contribution in [0.4, 0.5) is 0 Å². The summed E-state index contributed by atoms with van der Waals surface area (Å²) in [5.41, 5.74) is 1.44. The predicted molar refractivity (Wildman–Crippen MR) is 104 cm³/mol. The Morgan fingerprint density at radius 2 is 2.19 bits per heavy atom. The Morgan fingerprint density at radius 3 is 2.85 bits per heavy atom. The second kappa shape index (κ2) is 9.09. The molecular formula is C17H20BrN3O4S. The number of carbonyl (C=O) groups excluding carboxylic acids is 3. The summed E-state index contributed by atoms with van der Waals surface area (Å²) in [6.45, 7) is 4.62. The number of nitrogens with zero attached hydrogens (tertiary/aromatic N) is 1. The Hall–Kier alpha value is -2.00. The molecule has 0 bridgehead atoms. The number of hydrogen-bond donors (Lipinski definition) is 2. The third kappa shape index (κ3) is 5.01. The number of amides is 2. The summed E-state index contributed by atoms with van der Waals surface area (Å²) in [6.07, 6.45) is -0.133. The van der Waals surface area contributed by atoms with Crippen LogP contribution in [0.15, 0.2) is 22.7 Å². The van der Waals surface area contributed by atoms with Gasteiger partial charge in [0.05, 0.1) is 13.0 Å². The number of halogens is 1. The van der Waals surface area contributed by atoms with Crippen LogP contribution >= 0.6 is 28.1 Å². The molecule has 2 amide bonds. The monoisotopic (exact) mass is 441 g/mol. The van der Waals surface area contributed by atoms with Gasteiger partial charge in [0.2, 0.25) is 5.91 Å². The number of hydrogen-bond acceptors (Lipinski definition) is 5. The van der Waals surface area contributed by atoms with E-state index in [0.29, 0.717) is 18.7 Å². The molecule has 1 aromatic carbocycles. The number of aryl methyl sites for hydroxylation is 1. The van der Waals surface area contributed by atoms with Crippen molar-refractivity contribution < 1.29 is 19.1 Å². The first-order valence-corrected chi connectivity index (χ1v) is 9.35. The standard InChI is InChI=1S/C17H20BrN3O4S/c1-3-25-14(22)9-13-16(24)19-6-7-21(13)17(26)20-15(23)11-5-4-10(2)12(18)8-11/h4-5,8,13H,3,6-7,9H2,1-2H3,(H,19,24)(H,20,23,26). The van der Waals surface area contributed by atoms with Crippen molar-refractivity contribution >= 4 is 51.0 Å². The molecule has 1 heterocycles. The molecule has 1 saturated heterocycles. The van der Waals surface area contributed by atoms with Crippen molar-refractivity contribution in [2.75, 3.05) is 19.7 Å². The first-order valence-electron chi connectivity index (χ1n) is 8.15. The lowest BCUT2D eigenvalue weighted by molar-refractivity contribution is -0.147. The highest BCUT2D eigenvalue weighted by molar-refractivity contribution is 9.10. The predicted octanol–water partition coefficient (Wildman–Crippen LogP) is 1.53. The first kappa shape index (κ1) is 20.3. The summed E-state index contributed by atoms with van der Waals surface area (Å²) < 4.78 is 5.73. The van der Waals surface area contributed by atoms with Crippen molar-refractivity contribution in [2.45, 2.75) is 26.3 Å². The third-order valence-electron chi connectivity index (χ3n) is 3.91. The van der Waals surface area contributed by atoms with Gasteiger partial charge in [-0.2, -0.15) is 0 Å². The van der Waals surface area contributed by atoms with Gasteiger partial charge in [-0.15, -0.1) is 0 Å². The Morgan fingerprint density at radius 1 is 1.46 bits per heavy atom. The summed E-state index contributed by atoms with van der Waals surface area (Å²) in [7, 11) is 0. The van der Waals surface area contributed by atoms with E-state index in [1.807, 2.05) is 13.0 Å². The van der Waals surface area contributed by atoms with Gasteiger partial charge in [-0.1, -0.05) is 22.0 Å². The van der Waals surface area contributed by atoms with Gasteiger partial charge in [0.15, 0.2) is 5.11 Å². The topological polar surface area (TPSA) is 87.7 Å². The van der Waals surface area contributed by atoms with E-state index in [-0.39, 0.29) is 30.0 Å². The van der Waals surface area contributed by atoms with E-state index in [1.54, 1.807) is 24.0 Å². The second-order valence-corrected chi connectivity index (χ2v) is 6.97. The zero-order valence-corrected chi connectivity index (χ0v) is 16.9. The van der Waals surface area contributed by atoms with E-state index in [2.05, 4.69) is 26.6 Å². The van der Waals surface area contributed by atoms with Gasteiger partial charge in [0.1, 0.15) is 6.04 Å². The van der Waals surface area contributed by atoms with Gasteiger partial charge in [0.25, 0.3) is 5.91 Å². The van der Waals surface area contributed by atoms with Crippen LogP contribution in [0.25, 0.3) is 0 Å². The van der Waals surface area contributed by atoms with Crippen LogP contribution in [0.2, 0.25) is 0 Å². The van der Waals surface area contributed by atoms with Gasteiger partial charge in [-0.05, 0) is 43.8 Å². The number of nitrogens with one attached hydrogen (secondary N) is 2. The molecule has 1 unspecified atom stereocenters. The molecule has 2 rings (SSSR count). The van der Waals surface area contributed by atoms with E-state index in [1.165, 1.54) is 0 Å². The summed E-state index contributed by atoms with van der Waals surface area (Å²) in [4.78, 5) is 37.9. The van der Waals surface area contributed by atoms with E-state index in [0.717, 1.165) is 10.0 Å². The molecule has 1 aliphatic rings. The normalized spacial score (nSPS) is 16.7. The van der Waals surface area contributed by atoms with Gasteiger partial charge >= 0.3 is 5.97 Å². The van der Waals surface area contributed by atoms with Crippen molar-refractivity contribution in [3.05, 3.63) is 33.8 Å². The molecule has 0 aliphatic carbocycles. The highest BCUT2D eigenvalue weighted by Crippen LogP contribution is 2.18. The minimum Gasteiger partial charge on any atom is -0.466 e. The molecule has 0 aromatic heterocycles. The Labute approximate surface area is 165 Å². The fourth-order valence-electron chi connectivity index (χ4n) is 2.51. The minimum atomic E-state index is -0.805. The number of carbonyl (C=O) groups is 3. The van der Waals surface area contributed by atoms with Crippen LogP contribution in [0.3, 0.4) is 0 Å². The lowest BCUT2D eigenvalue weighted by atomic mass is 10.1. The molecule has 0 spiro atoms. The fourth-order valence-corrected chi connectivity index (χ4v) is 3.20. The van der Waals surface area contributed by atoms with Crippen molar-refractivity contribution in [3.63, 3.8) is 0 Å². The Bertz CT molecular complexity index is 741. The lowest BCUT2D eigenvalue weighted by Crippen LogP contribution is -2.60. The fraction of sp³-hybridized carbons (Fsp3) is 0.412. The van der Waals surface area contributed by atoms with Gasteiger partial charge in [0, 0.05) is 23.1 Å². The zero-order valence-electron chi connectivity index (χ0n) is 14.5. The van der Waals surface area contributed by atoms with E-state index in [9.17, 15) is 14.4 Å². The van der Waals surface area contributed by atoms with Crippen molar-refractivity contribution in [1.82, 2.24) is 15.5 Å². The van der Waals surface area contributed by atoms with Crippen LogP contribution in [-0.2, 0) is 14.3 Å². The van der Waals surface area contributed by atoms with Gasteiger partial charge in [-0.25, -0.2) is 0 Å². The van der Waals surface area contributed by atoms with Crippen LogP contribution in [-0.4, -0.2) is 53.5 Å². The number of benzene rings is 1. The molecule has 26 heavy (non-hydrogen) atoms. The Kier molecular flexibility index (Phi) is 7.10. The molecular weight excluding hydrogens is 422 g/mol. The van der Waals surface area contributed by atoms with Crippen LogP contribution in [0.5, 0.6) is 0 Å². The van der Waals surface area contributed by atoms with Crippen LogP contribution in [0.1, 0.15) is 29.3 Å². The molecule has 2 N–H and O–H groups in total. The largest absolute Gasteiger partial charge is 0.466 e. The van der Waals surface area contributed by atoms with Crippen molar-refractivity contribution in [1.29, 1.82) is 0 Å². The highest BCUT2D eigenvalue weighted by atomic mass is 79.9. The maximum atomic E-state index is 12.4. The smallest absolute Gasteiger partial charge is 0.308 e. The summed E-state index contributed by atoms with van der Waals surface area (Å²) in [5.74, 6) is -1.19. The van der Waals surface area contributed by atoms with Gasteiger partial charge < -0.3 is 15.0 Å². The quantitative estimate of drug-likeness (QED) is 0.543. The van der Waals surface area contributed by atoms with Crippen LogP contribution < -0.4 is 10.6 Å². The maximum absolute atomic E-state index is 12.4. The number of rotatable bonds is 4. The molecule has 1 aromatic rings. The van der Waals surface area contributed by atoms with Gasteiger partial charge in [-0.3, -0.25) is 19.7 Å². The lowest BCUT2D eigenvalue weighted by Gasteiger charge is -2.36. The van der Waals surface area contributed by atoms with Crippen LogP contribution in [0, 0.1) is 6.92 Å². The zero-order chi connectivity index (χ0) is 19.3. The average Bonchev–Trinajstić information content (AvgIpc) is 2.59. The maximum Gasteiger partial charge on any atom is 0.308 e. The average molecular weight is 442 g/mol. The van der Waals surface area contributed by atoms with E-state index in [4.69, 9.17) is 17.0 Å². The second-order valence-electron chi connectivity index (χ2n) is 5.73. The summed E-state index contributed by atoms with van der Waals surface area (Å²) in [6, 6.07) is 4.41. The Balaban J connectivity index is 2.09. The number of ether oxygens (including phenoxy) is 1. The van der Waals surface area contributed by atoms with E-state index < -0.39 is 12.0 Å². The minimum absolute atomic E-state index is 0.107. The molecule has 140 valence electrons. The molecule has 1 aliphatic heterocycles. The molecule has 1 fully saturated rings. The highest BCUT2D eigenvalue weighted by Gasteiger charge is 2.34. The SMILES string of the molecule is CCOC(=O)CC1C(=O)NCCN1C(=S)NC(=O)c1ccc(C)c(Br)c1. The van der Waals surface area contributed by atoms with Crippen molar-refractivity contribution in [2.24, 2.45) is 0 Å². The molecule has 0 radical (unpaired) electrons. The first-order chi connectivity index (χ1) is 12.3. The molecule has 1 atom stereocenters. The summed E-state index contributed by atoms with van der Waals surface area (Å²) in [5, 5.41) is 5.44. The third-order valence-corrected chi connectivity index (χ3v) is 5.10.